The van der Waals surface area contributed by atoms with E-state index in [2.05, 4.69) is 4.98 Å². The number of nitrogens with two attached hydrogens (primary N) is 1. The SMILES string of the molecule is COC(=O)c1cc(N)cnc1N1CCCC(OC)C1. The van der Waals surface area contributed by atoms with Crippen molar-refractivity contribution < 1.29 is 14.3 Å². The van der Waals surface area contributed by atoms with Gasteiger partial charge >= 0.3 is 5.97 Å². The highest BCUT2D eigenvalue weighted by atomic mass is 16.5. The van der Waals surface area contributed by atoms with Crippen LogP contribution >= 0.6 is 0 Å². The number of esters is 1. The van der Waals surface area contributed by atoms with Crippen molar-refractivity contribution in [2.75, 3.05) is 37.9 Å². The monoisotopic (exact) mass is 265 g/mol. The fraction of sp³-hybridized carbons (Fsp3) is 0.538. The van der Waals surface area contributed by atoms with E-state index in [1.54, 1.807) is 19.4 Å². The number of ether oxygens (including phenoxy) is 2. The lowest BCUT2D eigenvalue weighted by Crippen LogP contribution is -2.40. The minimum Gasteiger partial charge on any atom is -0.465 e. The summed E-state index contributed by atoms with van der Waals surface area (Å²) < 4.78 is 10.2. The van der Waals surface area contributed by atoms with Crippen molar-refractivity contribution in [1.82, 2.24) is 4.98 Å². The molecule has 2 rings (SSSR count). The van der Waals surface area contributed by atoms with Gasteiger partial charge in [0.15, 0.2) is 0 Å². The van der Waals surface area contributed by atoms with E-state index in [0.717, 1.165) is 25.9 Å². The molecule has 104 valence electrons. The number of hydrogen-bond acceptors (Lipinski definition) is 6. The van der Waals surface area contributed by atoms with E-state index < -0.39 is 5.97 Å². The van der Waals surface area contributed by atoms with Gasteiger partial charge in [0.1, 0.15) is 11.4 Å². The van der Waals surface area contributed by atoms with Crippen LogP contribution in [-0.2, 0) is 9.47 Å². The molecule has 0 saturated carbocycles. The van der Waals surface area contributed by atoms with E-state index in [9.17, 15) is 4.79 Å². The predicted molar refractivity (Wildman–Crippen MR) is 72.2 cm³/mol. The van der Waals surface area contributed by atoms with Gasteiger partial charge in [-0.3, -0.25) is 0 Å². The maximum atomic E-state index is 11.8. The summed E-state index contributed by atoms with van der Waals surface area (Å²) >= 11 is 0. The third-order valence-corrected chi connectivity index (χ3v) is 3.30. The van der Waals surface area contributed by atoms with Gasteiger partial charge in [-0.2, -0.15) is 0 Å². The number of methoxy groups -OCH3 is 2. The zero-order valence-electron chi connectivity index (χ0n) is 11.3. The molecule has 1 unspecified atom stereocenters. The largest absolute Gasteiger partial charge is 0.465 e. The molecule has 1 aromatic rings. The van der Waals surface area contributed by atoms with E-state index in [1.807, 2.05) is 4.90 Å². The first-order valence-corrected chi connectivity index (χ1v) is 6.27. The van der Waals surface area contributed by atoms with Gasteiger partial charge in [0.2, 0.25) is 0 Å². The maximum Gasteiger partial charge on any atom is 0.341 e. The Kier molecular flexibility index (Phi) is 4.21. The van der Waals surface area contributed by atoms with Crippen LogP contribution in [0.25, 0.3) is 0 Å². The number of carbonyl (C=O) groups excluding carboxylic acids is 1. The molecule has 1 aliphatic heterocycles. The Morgan fingerprint density at radius 3 is 3.00 bits per heavy atom. The van der Waals surface area contributed by atoms with Crippen LogP contribution in [0.4, 0.5) is 11.5 Å². The molecule has 1 fully saturated rings. The number of aromatic nitrogens is 1. The van der Waals surface area contributed by atoms with Gasteiger partial charge in [-0.25, -0.2) is 9.78 Å². The first kappa shape index (κ1) is 13.6. The van der Waals surface area contributed by atoms with Crippen LogP contribution in [0.1, 0.15) is 23.2 Å². The molecule has 2 heterocycles. The second-order valence-corrected chi connectivity index (χ2v) is 4.58. The van der Waals surface area contributed by atoms with Crippen molar-refractivity contribution in [2.24, 2.45) is 0 Å². The zero-order valence-corrected chi connectivity index (χ0v) is 11.3. The van der Waals surface area contributed by atoms with Crippen LogP contribution in [-0.4, -0.2) is 44.4 Å². The molecule has 0 radical (unpaired) electrons. The van der Waals surface area contributed by atoms with Crippen molar-refractivity contribution in [3.8, 4) is 0 Å². The van der Waals surface area contributed by atoms with E-state index in [1.165, 1.54) is 7.11 Å². The molecule has 0 aliphatic carbocycles. The number of rotatable bonds is 3. The molecule has 6 heteroatoms. The van der Waals surface area contributed by atoms with Gasteiger partial charge in [0, 0.05) is 20.2 Å². The number of anilines is 2. The zero-order chi connectivity index (χ0) is 13.8. The Labute approximate surface area is 112 Å². The molecular weight excluding hydrogens is 246 g/mol. The first-order chi connectivity index (χ1) is 9.15. The fourth-order valence-corrected chi connectivity index (χ4v) is 2.31. The van der Waals surface area contributed by atoms with Crippen molar-refractivity contribution in [2.45, 2.75) is 18.9 Å². The van der Waals surface area contributed by atoms with Gasteiger partial charge in [-0.1, -0.05) is 0 Å². The molecule has 1 atom stereocenters. The molecule has 0 aromatic carbocycles. The average Bonchev–Trinajstić information content (AvgIpc) is 2.46. The summed E-state index contributed by atoms with van der Waals surface area (Å²) in [6.45, 7) is 1.57. The lowest BCUT2D eigenvalue weighted by Gasteiger charge is -2.33. The molecule has 2 N–H and O–H groups in total. The molecule has 0 amide bonds. The summed E-state index contributed by atoms with van der Waals surface area (Å²) in [4.78, 5) is 18.1. The van der Waals surface area contributed by atoms with Crippen molar-refractivity contribution in [1.29, 1.82) is 0 Å². The Bertz CT molecular complexity index is 464. The molecule has 1 saturated heterocycles. The molecule has 1 aromatic heterocycles. The minimum atomic E-state index is -0.422. The Morgan fingerprint density at radius 1 is 1.53 bits per heavy atom. The van der Waals surface area contributed by atoms with Crippen LogP contribution in [0.15, 0.2) is 12.3 Å². The van der Waals surface area contributed by atoms with Crippen LogP contribution in [0.2, 0.25) is 0 Å². The Balaban J connectivity index is 2.30. The summed E-state index contributed by atoms with van der Waals surface area (Å²) in [6.07, 6.45) is 3.75. The van der Waals surface area contributed by atoms with Gasteiger partial charge in [-0.15, -0.1) is 0 Å². The minimum absolute atomic E-state index is 0.165. The second-order valence-electron chi connectivity index (χ2n) is 4.58. The summed E-state index contributed by atoms with van der Waals surface area (Å²) in [5, 5.41) is 0. The van der Waals surface area contributed by atoms with Crippen LogP contribution < -0.4 is 10.6 Å². The smallest absolute Gasteiger partial charge is 0.341 e. The fourth-order valence-electron chi connectivity index (χ4n) is 2.31. The number of nitrogen functional groups attached to an aromatic ring is 1. The molecule has 0 bridgehead atoms. The average molecular weight is 265 g/mol. The molecule has 19 heavy (non-hydrogen) atoms. The lowest BCUT2D eigenvalue weighted by molar-refractivity contribution is 0.0599. The number of piperidine rings is 1. The highest BCUT2D eigenvalue weighted by Crippen LogP contribution is 2.24. The maximum absolute atomic E-state index is 11.8. The van der Waals surface area contributed by atoms with E-state index in [-0.39, 0.29) is 6.10 Å². The number of pyridine rings is 1. The molecule has 1 aliphatic rings. The number of carbonyl (C=O) groups is 1. The Hall–Kier alpha value is -1.82. The standard InChI is InChI=1S/C13H19N3O3/c1-18-10-4-3-5-16(8-10)12-11(13(17)19-2)6-9(14)7-15-12/h6-7,10H,3-5,8,14H2,1-2H3. The van der Waals surface area contributed by atoms with E-state index >= 15 is 0 Å². The van der Waals surface area contributed by atoms with Crippen LogP contribution in [0.5, 0.6) is 0 Å². The highest BCUT2D eigenvalue weighted by molar-refractivity contribution is 5.95. The van der Waals surface area contributed by atoms with E-state index in [0.29, 0.717) is 17.1 Å². The van der Waals surface area contributed by atoms with Crippen LogP contribution in [0, 0.1) is 0 Å². The lowest BCUT2D eigenvalue weighted by atomic mass is 10.1. The van der Waals surface area contributed by atoms with Crippen molar-refractivity contribution in [3.05, 3.63) is 17.8 Å². The number of hydrogen-bond donors (Lipinski definition) is 1. The summed E-state index contributed by atoms with van der Waals surface area (Å²) in [7, 11) is 3.05. The second kappa shape index (κ2) is 5.88. The van der Waals surface area contributed by atoms with E-state index in [4.69, 9.17) is 15.2 Å². The third kappa shape index (κ3) is 2.96. The predicted octanol–water partition coefficient (Wildman–Crippen LogP) is 1.07. The third-order valence-electron chi connectivity index (χ3n) is 3.30. The molecule has 6 nitrogen and oxygen atoms in total. The Morgan fingerprint density at radius 2 is 2.32 bits per heavy atom. The molecular formula is C13H19N3O3. The van der Waals surface area contributed by atoms with Gasteiger partial charge in [0.25, 0.3) is 0 Å². The van der Waals surface area contributed by atoms with Gasteiger partial charge in [-0.05, 0) is 18.9 Å². The first-order valence-electron chi connectivity index (χ1n) is 6.27. The highest BCUT2D eigenvalue weighted by Gasteiger charge is 2.25. The topological polar surface area (TPSA) is 77.7 Å². The van der Waals surface area contributed by atoms with Crippen molar-refractivity contribution in [3.63, 3.8) is 0 Å². The normalized spacial score (nSPS) is 19.3. The van der Waals surface area contributed by atoms with Gasteiger partial charge in [0.05, 0.1) is 25.1 Å². The molecule has 0 spiro atoms. The van der Waals surface area contributed by atoms with Gasteiger partial charge < -0.3 is 20.1 Å². The summed E-state index contributed by atoms with van der Waals surface area (Å²) in [5.41, 5.74) is 6.54. The van der Waals surface area contributed by atoms with Crippen molar-refractivity contribution >= 4 is 17.5 Å². The quantitative estimate of drug-likeness (QED) is 0.824. The summed E-state index contributed by atoms with van der Waals surface area (Å²) in [5.74, 6) is 0.192. The van der Waals surface area contributed by atoms with Crippen LogP contribution in [0.3, 0.4) is 0 Å². The summed E-state index contributed by atoms with van der Waals surface area (Å²) in [6, 6.07) is 1.60. The number of nitrogens with zero attached hydrogens (tertiary/aromatic N) is 2.